The van der Waals surface area contributed by atoms with Crippen molar-refractivity contribution in [2.24, 2.45) is 0 Å². The first-order valence-electron chi connectivity index (χ1n) is 6.98. The van der Waals surface area contributed by atoms with Crippen molar-refractivity contribution in [3.05, 3.63) is 59.1 Å². The molecule has 1 amide bonds. The summed E-state index contributed by atoms with van der Waals surface area (Å²) in [7, 11) is -3.83. The van der Waals surface area contributed by atoms with Gasteiger partial charge in [0, 0.05) is 11.6 Å². The Hall–Kier alpha value is -2.05. The highest BCUT2D eigenvalue weighted by atomic mass is 35.5. The third kappa shape index (κ3) is 4.46. The molecule has 2 aromatic rings. The van der Waals surface area contributed by atoms with E-state index in [2.05, 4.69) is 10.0 Å². The van der Waals surface area contributed by atoms with Crippen molar-refractivity contribution in [2.45, 2.75) is 24.8 Å². The monoisotopic (exact) mass is 352 g/mol. The number of carbonyl (C=O) groups excluding carboxylic acids is 1. The minimum atomic E-state index is -3.83. The van der Waals surface area contributed by atoms with Crippen LogP contribution >= 0.6 is 11.6 Å². The van der Waals surface area contributed by atoms with E-state index in [1.807, 2.05) is 13.8 Å². The van der Waals surface area contributed by atoms with Crippen LogP contribution < -0.4 is 10.0 Å². The normalized spacial score (nSPS) is 11.3. The van der Waals surface area contributed by atoms with Crippen LogP contribution in [0.25, 0.3) is 0 Å². The lowest BCUT2D eigenvalue weighted by molar-refractivity contribution is 0.0943. The van der Waals surface area contributed by atoms with Gasteiger partial charge < -0.3 is 5.32 Å². The Kier molecular flexibility index (Phi) is 5.28. The summed E-state index contributed by atoms with van der Waals surface area (Å²) in [4.78, 5) is 12.0. The summed E-state index contributed by atoms with van der Waals surface area (Å²) < 4.78 is 27.3. The molecule has 0 unspecified atom stereocenters. The summed E-state index contributed by atoms with van der Waals surface area (Å²) in [6.45, 7) is 3.66. The van der Waals surface area contributed by atoms with Crippen molar-refractivity contribution in [1.82, 2.24) is 5.32 Å². The van der Waals surface area contributed by atoms with E-state index in [4.69, 9.17) is 11.6 Å². The van der Waals surface area contributed by atoms with E-state index in [9.17, 15) is 13.2 Å². The van der Waals surface area contributed by atoms with Crippen molar-refractivity contribution in [1.29, 1.82) is 0 Å². The molecule has 0 aromatic heterocycles. The smallest absolute Gasteiger partial charge is 0.261 e. The number of benzene rings is 2. The van der Waals surface area contributed by atoms with Gasteiger partial charge in [-0.1, -0.05) is 29.8 Å². The van der Waals surface area contributed by atoms with Crippen LogP contribution in [0.4, 0.5) is 5.69 Å². The fourth-order valence-electron chi connectivity index (χ4n) is 1.90. The number of para-hydroxylation sites is 1. The highest BCUT2D eigenvalue weighted by Crippen LogP contribution is 2.24. The second-order valence-corrected chi connectivity index (χ2v) is 7.33. The Labute approximate surface area is 140 Å². The summed E-state index contributed by atoms with van der Waals surface area (Å²) in [5.74, 6) is -0.324. The molecule has 0 radical (unpaired) electrons. The zero-order valence-corrected chi connectivity index (χ0v) is 14.3. The highest BCUT2D eigenvalue weighted by Gasteiger charge is 2.17. The van der Waals surface area contributed by atoms with E-state index in [1.165, 1.54) is 18.2 Å². The van der Waals surface area contributed by atoms with E-state index < -0.39 is 10.0 Å². The van der Waals surface area contributed by atoms with Crippen molar-refractivity contribution in [2.75, 3.05) is 4.72 Å². The minimum absolute atomic E-state index is 0.00572. The number of halogens is 1. The standard InChI is InChI=1S/C16H17ClN2O3S/c1-11(2)18-16(20)12-6-5-7-13(10-12)23(21,22)19-15-9-4-3-8-14(15)17/h3-11,19H,1-2H3,(H,18,20). The van der Waals surface area contributed by atoms with E-state index >= 15 is 0 Å². The molecule has 23 heavy (non-hydrogen) atoms. The van der Waals surface area contributed by atoms with Gasteiger partial charge in [-0.15, -0.1) is 0 Å². The number of rotatable bonds is 5. The molecule has 0 aliphatic heterocycles. The Morgan fingerprint density at radius 3 is 2.43 bits per heavy atom. The lowest BCUT2D eigenvalue weighted by Gasteiger charge is -2.11. The molecule has 2 rings (SSSR count). The van der Waals surface area contributed by atoms with Crippen molar-refractivity contribution < 1.29 is 13.2 Å². The second kappa shape index (κ2) is 7.02. The first-order valence-corrected chi connectivity index (χ1v) is 8.84. The van der Waals surface area contributed by atoms with Crippen molar-refractivity contribution >= 4 is 33.2 Å². The second-order valence-electron chi connectivity index (χ2n) is 5.24. The molecule has 0 atom stereocenters. The van der Waals surface area contributed by atoms with E-state index in [0.29, 0.717) is 5.02 Å². The van der Waals surface area contributed by atoms with Crippen LogP contribution in [0.5, 0.6) is 0 Å². The first-order chi connectivity index (χ1) is 10.8. The Morgan fingerprint density at radius 1 is 1.09 bits per heavy atom. The summed E-state index contributed by atoms with van der Waals surface area (Å²) in [6.07, 6.45) is 0. The molecule has 2 aromatic carbocycles. The molecule has 122 valence electrons. The van der Waals surface area contributed by atoms with Gasteiger partial charge in [0.05, 0.1) is 15.6 Å². The average Bonchev–Trinajstić information content (AvgIpc) is 2.49. The van der Waals surface area contributed by atoms with Crippen LogP contribution in [0.2, 0.25) is 5.02 Å². The molecule has 0 spiro atoms. The number of hydrogen-bond acceptors (Lipinski definition) is 3. The maximum Gasteiger partial charge on any atom is 0.261 e. The number of amides is 1. The number of hydrogen-bond donors (Lipinski definition) is 2. The summed E-state index contributed by atoms with van der Waals surface area (Å²) in [5.41, 5.74) is 0.562. The van der Waals surface area contributed by atoms with Crippen LogP contribution in [-0.2, 0) is 10.0 Å². The topological polar surface area (TPSA) is 75.3 Å². The van der Waals surface area contributed by atoms with E-state index in [0.717, 1.165) is 0 Å². The van der Waals surface area contributed by atoms with Crippen LogP contribution in [-0.4, -0.2) is 20.4 Å². The largest absolute Gasteiger partial charge is 0.350 e. The van der Waals surface area contributed by atoms with Gasteiger partial charge in [0.25, 0.3) is 15.9 Å². The number of sulfonamides is 1. The van der Waals surface area contributed by atoms with Crippen molar-refractivity contribution in [3.8, 4) is 0 Å². The molecule has 0 aliphatic rings. The SMILES string of the molecule is CC(C)NC(=O)c1cccc(S(=O)(=O)Nc2ccccc2Cl)c1. The average molecular weight is 353 g/mol. The highest BCUT2D eigenvalue weighted by molar-refractivity contribution is 7.92. The van der Waals surface area contributed by atoms with Gasteiger partial charge in [0.15, 0.2) is 0 Å². The number of carbonyl (C=O) groups is 1. The zero-order chi connectivity index (χ0) is 17.0. The predicted molar refractivity (Wildman–Crippen MR) is 91.3 cm³/mol. The van der Waals surface area contributed by atoms with Crippen molar-refractivity contribution in [3.63, 3.8) is 0 Å². The summed E-state index contributed by atoms with van der Waals surface area (Å²) >= 11 is 5.97. The summed E-state index contributed by atoms with van der Waals surface area (Å²) in [6, 6.07) is 12.3. The molecule has 0 bridgehead atoms. The third-order valence-corrected chi connectivity index (χ3v) is 4.64. The molecule has 0 saturated heterocycles. The maximum atomic E-state index is 12.4. The van der Waals surface area contributed by atoms with Gasteiger partial charge in [0.1, 0.15) is 0 Å². The molecule has 0 heterocycles. The van der Waals surface area contributed by atoms with Crippen LogP contribution in [0.15, 0.2) is 53.4 Å². The molecule has 0 fully saturated rings. The Balaban J connectivity index is 2.30. The Morgan fingerprint density at radius 2 is 1.78 bits per heavy atom. The molecule has 0 saturated carbocycles. The van der Waals surface area contributed by atoms with Gasteiger partial charge >= 0.3 is 0 Å². The molecule has 2 N–H and O–H groups in total. The maximum absolute atomic E-state index is 12.4. The Bertz CT molecular complexity index is 820. The fourth-order valence-corrected chi connectivity index (χ4v) is 3.26. The molecule has 5 nitrogen and oxygen atoms in total. The predicted octanol–water partition coefficient (Wildman–Crippen LogP) is 3.28. The number of nitrogens with one attached hydrogen (secondary N) is 2. The van der Waals surface area contributed by atoms with Gasteiger partial charge in [-0.3, -0.25) is 9.52 Å². The van der Waals surface area contributed by atoms with Gasteiger partial charge in [0.2, 0.25) is 0 Å². The van der Waals surface area contributed by atoms with Gasteiger partial charge in [-0.05, 0) is 44.2 Å². The van der Waals surface area contributed by atoms with Gasteiger partial charge in [-0.25, -0.2) is 8.42 Å². The third-order valence-electron chi connectivity index (χ3n) is 2.94. The van der Waals surface area contributed by atoms with E-state index in [-0.39, 0.29) is 28.1 Å². The van der Waals surface area contributed by atoms with E-state index in [1.54, 1.807) is 30.3 Å². The molecule has 0 aliphatic carbocycles. The lowest BCUT2D eigenvalue weighted by Crippen LogP contribution is -2.30. The fraction of sp³-hybridized carbons (Fsp3) is 0.188. The molecular formula is C16H17ClN2O3S. The van der Waals surface area contributed by atoms with Crippen LogP contribution in [0, 0.1) is 0 Å². The first kappa shape index (κ1) is 17.3. The lowest BCUT2D eigenvalue weighted by atomic mass is 10.2. The molecule has 7 heteroatoms. The minimum Gasteiger partial charge on any atom is -0.350 e. The quantitative estimate of drug-likeness (QED) is 0.867. The number of anilines is 1. The van der Waals surface area contributed by atoms with Crippen LogP contribution in [0.1, 0.15) is 24.2 Å². The summed E-state index contributed by atoms with van der Waals surface area (Å²) in [5, 5.41) is 3.02. The molecular weight excluding hydrogens is 336 g/mol. The van der Waals surface area contributed by atoms with Crippen LogP contribution in [0.3, 0.4) is 0 Å². The van der Waals surface area contributed by atoms with Gasteiger partial charge in [-0.2, -0.15) is 0 Å². The zero-order valence-electron chi connectivity index (χ0n) is 12.7.